The van der Waals surface area contributed by atoms with Crippen molar-refractivity contribution < 1.29 is 5.11 Å². The van der Waals surface area contributed by atoms with Gasteiger partial charge in [0, 0.05) is 31.7 Å². The Bertz CT molecular complexity index is 276. The van der Waals surface area contributed by atoms with Crippen molar-refractivity contribution in [2.24, 2.45) is 16.1 Å². The van der Waals surface area contributed by atoms with Crippen molar-refractivity contribution in [2.75, 3.05) is 26.4 Å². The number of hydrogen-bond donors (Lipinski definition) is 1. The number of aliphatic hydroxyl groups excluding tert-OH is 1. The number of allylic oxidation sites excluding steroid dienone is 1. The zero-order chi connectivity index (χ0) is 10.4. The maximum Gasteiger partial charge on any atom is 0.131 e. The number of nitrogens with zero attached hydrogens (tertiary/aromatic N) is 3. The largest absolute Gasteiger partial charge is 0.396 e. The first kappa shape index (κ1) is 11.6. The van der Waals surface area contributed by atoms with E-state index in [1.807, 2.05) is 22.6 Å². The minimum Gasteiger partial charge on any atom is -0.396 e. The van der Waals surface area contributed by atoms with Crippen LogP contribution in [0, 0.1) is 18.3 Å². The Morgan fingerprint density at radius 3 is 3.00 bits per heavy atom. The summed E-state index contributed by atoms with van der Waals surface area (Å²) in [6.07, 6.45) is 6.63. The first-order chi connectivity index (χ1) is 6.76. The van der Waals surface area contributed by atoms with Gasteiger partial charge in [-0.15, -0.1) is 11.5 Å². The Labute approximate surface area is 97.2 Å². The molecule has 1 saturated heterocycles. The lowest BCUT2D eigenvalue weighted by Crippen LogP contribution is -2.48. The maximum atomic E-state index is 8.77. The molecule has 0 aromatic heterocycles. The molecule has 0 atom stereocenters. The number of azo groups is 1. The summed E-state index contributed by atoms with van der Waals surface area (Å²) in [5.41, 5.74) is 0. The van der Waals surface area contributed by atoms with Crippen molar-refractivity contribution in [1.29, 1.82) is 0 Å². The molecule has 5 heteroatoms. The molecule has 0 amide bonds. The molecule has 1 aliphatic rings. The number of terminal acetylenes is 1. The third-order valence-electron chi connectivity index (χ3n) is 1.92. The van der Waals surface area contributed by atoms with Gasteiger partial charge in [-0.3, -0.25) is 4.90 Å². The van der Waals surface area contributed by atoms with Crippen LogP contribution in [0.2, 0.25) is 0 Å². The van der Waals surface area contributed by atoms with E-state index in [0.717, 1.165) is 13.1 Å². The molecule has 0 unspecified atom stereocenters. The predicted molar refractivity (Wildman–Crippen MR) is 62.8 cm³/mol. The average Bonchev–Trinajstić information content (AvgIpc) is 2.09. The normalized spacial score (nSPS) is 19.6. The second-order valence-corrected chi connectivity index (χ2v) is 4.21. The van der Waals surface area contributed by atoms with Crippen LogP contribution in [0.15, 0.2) is 20.0 Å². The molecule has 0 spiro atoms. The Hall–Kier alpha value is -0.450. The Morgan fingerprint density at radius 2 is 2.43 bits per heavy atom. The summed E-state index contributed by atoms with van der Waals surface area (Å²) in [5, 5.41) is 16.7. The SMILES string of the molecule is C#C/C=C(I)\N=N/CN1CC(CO)C1. The average molecular weight is 305 g/mol. The van der Waals surface area contributed by atoms with E-state index < -0.39 is 0 Å². The number of likely N-dealkylation sites (tertiary alicyclic amines) is 1. The summed E-state index contributed by atoms with van der Waals surface area (Å²) in [5.74, 6) is 2.80. The van der Waals surface area contributed by atoms with Gasteiger partial charge in [-0.1, -0.05) is 5.92 Å². The van der Waals surface area contributed by atoms with Gasteiger partial charge in [0.05, 0.1) is 0 Å². The van der Waals surface area contributed by atoms with Gasteiger partial charge in [0.2, 0.25) is 0 Å². The molecular weight excluding hydrogens is 293 g/mol. The summed E-state index contributed by atoms with van der Waals surface area (Å²) in [7, 11) is 0. The number of aliphatic hydroxyl groups is 1. The van der Waals surface area contributed by atoms with E-state index in [0.29, 0.717) is 16.3 Å². The van der Waals surface area contributed by atoms with Crippen molar-refractivity contribution >= 4 is 22.6 Å². The zero-order valence-electron chi connectivity index (χ0n) is 7.73. The van der Waals surface area contributed by atoms with Crippen LogP contribution < -0.4 is 0 Å². The van der Waals surface area contributed by atoms with Gasteiger partial charge in [0.25, 0.3) is 0 Å². The van der Waals surface area contributed by atoms with Gasteiger partial charge in [0.1, 0.15) is 10.4 Å². The van der Waals surface area contributed by atoms with Crippen molar-refractivity contribution in [3.63, 3.8) is 0 Å². The molecule has 14 heavy (non-hydrogen) atoms. The topological polar surface area (TPSA) is 48.2 Å². The number of hydrogen-bond acceptors (Lipinski definition) is 4. The lowest BCUT2D eigenvalue weighted by Gasteiger charge is -2.36. The molecule has 76 valence electrons. The van der Waals surface area contributed by atoms with Gasteiger partial charge in [-0.05, 0) is 22.6 Å². The molecule has 1 N–H and O–H groups in total. The van der Waals surface area contributed by atoms with Crippen LogP contribution in [0.5, 0.6) is 0 Å². The van der Waals surface area contributed by atoms with Gasteiger partial charge in [-0.2, -0.15) is 5.11 Å². The lowest BCUT2D eigenvalue weighted by molar-refractivity contribution is 0.0554. The van der Waals surface area contributed by atoms with E-state index in [2.05, 4.69) is 21.0 Å². The van der Waals surface area contributed by atoms with E-state index >= 15 is 0 Å². The predicted octanol–water partition coefficient (Wildman–Crippen LogP) is 1.23. The fraction of sp³-hybridized carbons (Fsp3) is 0.556. The molecule has 1 aliphatic heterocycles. The lowest BCUT2D eigenvalue weighted by atomic mass is 10.0. The molecular formula is C9H12IN3O. The van der Waals surface area contributed by atoms with E-state index in [1.54, 1.807) is 6.08 Å². The fourth-order valence-electron chi connectivity index (χ4n) is 1.19. The Balaban J connectivity index is 2.17. The number of rotatable bonds is 4. The maximum absolute atomic E-state index is 8.77. The van der Waals surface area contributed by atoms with E-state index in [9.17, 15) is 0 Å². The quantitative estimate of drug-likeness (QED) is 0.367. The molecule has 0 bridgehead atoms. The van der Waals surface area contributed by atoms with E-state index in [-0.39, 0.29) is 6.61 Å². The zero-order valence-corrected chi connectivity index (χ0v) is 9.88. The monoisotopic (exact) mass is 305 g/mol. The molecule has 0 saturated carbocycles. The summed E-state index contributed by atoms with van der Waals surface area (Å²) in [6.45, 7) is 2.67. The highest BCUT2D eigenvalue weighted by Crippen LogP contribution is 2.14. The van der Waals surface area contributed by atoms with Crippen LogP contribution in [0.1, 0.15) is 0 Å². The first-order valence-electron chi connectivity index (χ1n) is 4.28. The third-order valence-corrected chi connectivity index (χ3v) is 2.45. The van der Waals surface area contributed by atoms with Gasteiger partial charge in [0.15, 0.2) is 0 Å². The molecule has 4 nitrogen and oxygen atoms in total. The molecule has 0 aromatic rings. The van der Waals surface area contributed by atoms with E-state index in [4.69, 9.17) is 11.5 Å². The summed E-state index contributed by atoms with van der Waals surface area (Å²) in [6, 6.07) is 0. The molecule has 0 aliphatic carbocycles. The Morgan fingerprint density at radius 1 is 1.71 bits per heavy atom. The summed E-state index contributed by atoms with van der Waals surface area (Å²) < 4.78 is 0.712. The standard InChI is InChI=1S/C9H12IN3O/c1-2-3-9(10)12-11-7-13-4-8(5-13)6-14/h1,3,8,14H,4-7H2/b9-3-,12-11-. The second kappa shape index (κ2) is 6.11. The minimum absolute atomic E-state index is 0.266. The number of halogens is 1. The van der Waals surface area contributed by atoms with Crippen molar-refractivity contribution in [1.82, 2.24) is 4.90 Å². The molecule has 0 aromatic carbocycles. The first-order valence-corrected chi connectivity index (χ1v) is 5.36. The molecule has 1 heterocycles. The third kappa shape index (κ3) is 3.74. The minimum atomic E-state index is 0.266. The van der Waals surface area contributed by atoms with E-state index in [1.165, 1.54) is 0 Å². The highest BCUT2D eigenvalue weighted by molar-refractivity contribution is 14.1. The smallest absolute Gasteiger partial charge is 0.131 e. The van der Waals surface area contributed by atoms with Crippen molar-refractivity contribution in [2.45, 2.75) is 0 Å². The highest BCUT2D eigenvalue weighted by Gasteiger charge is 2.24. The van der Waals surface area contributed by atoms with Gasteiger partial charge < -0.3 is 5.11 Å². The van der Waals surface area contributed by atoms with Crippen LogP contribution in [-0.2, 0) is 0 Å². The fourth-order valence-corrected chi connectivity index (χ4v) is 1.53. The van der Waals surface area contributed by atoms with Crippen LogP contribution in [0.4, 0.5) is 0 Å². The van der Waals surface area contributed by atoms with Crippen LogP contribution in [0.3, 0.4) is 0 Å². The Kier molecular flexibility index (Phi) is 5.07. The second-order valence-electron chi connectivity index (χ2n) is 3.10. The van der Waals surface area contributed by atoms with Gasteiger partial charge >= 0.3 is 0 Å². The molecule has 1 rings (SSSR count). The molecule has 1 fully saturated rings. The van der Waals surface area contributed by atoms with Crippen LogP contribution in [0.25, 0.3) is 0 Å². The van der Waals surface area contributed by atoms with Gasteiger partial charge in [-0.25, -0.2) is 0 Å². The summed E-state index contributed by atoms with van der Waals surface area (Å²) in [4.78, 5) is 2.12. The van der Waals surface area contributed by atoms with Crippen LogP contribution >= 0.6 is 22.6 Å². The highest BCUT2D eigenvalue weighted by atomic mass is 127. The van der Waals surface area contributed by atoms with Crippen LogP contribution in [-0.4, -0.2) is 36.4 Å². The molecule has 0 radical (unpaired) electrons. The van der Waals surface area contributed by atoms with Crippen molar-refractivity contribution in [3.8, 4) is 12.3 Å². The van der Waals surface area contributed by atoms with Crippen molar-refractivity contribution in [3.05, 3.63) is 9.78 Å². The summed E-state index contributed by atoms with van der Waals surface area (Å²) >= 11 is 2.03.